The van der Waals surface area contributed by atoms with Gasteiger partial charge in [-0.25, -0.2) is 0 Å². The van der Waals surface area contributed by atoms with Crippen LogP contribution in [0.2, 0.25) is 39.3 Å². The lowest BCUT2D eigenvalue weighted by atomic mass is 9.73. The molecule has 1 N–H and O–H groups in total. The topological polar surface area (TPSA) is 37.3 Å². The summed E-state index contributed by atoms with van der Waals surface area (Å²) >= 11 is 0. The number of ketones is 1. The number of hydrogen-bond acceptors (Lipinski definition) is 2. The van der Waals surface area contributed by atoms with Gasteiger partial charge in [0, 0.05) is 22.3 Å². The molecule has 0 heterocycles. The van der Waals surface area contributed by atoms with Gasteiger partial charge in [0.1, 0.15) is 5.76 Å². The van der Waals surface area contributed by atoms with Crippen molar-refractivity contribution in [2.75, 3.05) is 0 Å². The summed E-state index contributed by atoms with van der Waals surface area (Å²) in [4.78, 5) is 13.8. The van der Waals surface area contributed by atoms with Gasteiger partial charge in [0.05, 0.1) is 16.1 Å². The lowest BCUT2D eigenvalue weighted by Crippen LogP contribution is -2.42. The highest BCUT2D eigenvalue weighted by atomic mass is 28.3. The van der Waals surface area contributed by atoms with Crippen LogP contribution in [-0.2, 0) is 0 Å². The molecule has 0 bridgehead atoms. The van der Waals surface area contributed by atoms with Gasteiger partial charge in [-0.05, 0) is 30.4 Å². The minimum Gasteiger partial charge on any atom is -0.507 e. The maximum atomic E-state index is 13.8. The van der Waals surface area contributed by atoms with Crippen LogP contribution in [0.3, 0.4) is 0 Å². The van der Waals surface area contributed by atoms with E-state index in [0.29, 0.717) is 22.8 Å². The normalized spacial score (nSPS) is 22.9. The van der Waals surface area contributed by atoms with Crippen LogP contribution < -0.4 is 0 Å². The number of benzene rings is 1. The van der Waals surface area contributed by atoms with Crippen LogP contribution in [-0.4, -0.2) is 27.0 Å². The molecule has 3 aliphatic rings. The molecular formula is C24H32O2Si2. The van der Waals surface area contributed by atoms with Gasteiger partial charge < -0.3 is 5.11 Å². The fourth-order valence-corrected chi connectivity index (χ4v) is 10.2. The van der Waals surface area contributed by atoms with Gasteiger partial charge >= 0.3 is 0 Å². The Hall–Kier alpha value is -1.66. The van der Waals surface area contributed by atoms with E-state index in [1.54, 1.807) is 5.57 Å². The third-order valence-corrected chi connectivity index (χ3v) is 10.8. The number of carbonyl (C=O) groups excluding carboxylic acids is 1. The number of rotatable bonds is 2. The van der Waals surface area contributed by atoms with E-state index < -0.39 is 16.1 Å². The zero-order valence-electron chi connectivity index (χ0n) is 18.1. The van der Waals surface area contributed by atoms with E-state index in [1.807, 2.05) is 24.3 Å². The van der Waals surface area contributed by atoms with Crippen molar-refractivity contribution in [3.8, 4) is 0 Å². The van der Waals surface area contributed by atoms with Crippen molar-refractivity contribution < 1.29 is 9.90 Å². The minimum atomic E-state index is -1.76. The van der Waals surface area contributed by atoms with Crippen molar-refractivity contribution in [3.05, 3.63) is 62.5 Å². The zero-order chi connectivity index (χ0) is 20.4. The van der Waals surface area contributed by atoms with Crippen molar-refractivity contribution in [1.29, 1.82) is 0 Å². The van der Waals surface area contributed by atoms with E-state index in [9.17, 15) is 9.90 Å². The van der Waals surface area contributed by atoms with Crippen LogP contribution in [0.25, 0.3) is 5.76 Å². The van der Waals surface area contributed by atoms with Crippen molar-refractivity contribution in [2.24, 2.45) is 5.92 Å². The van der Waals surface area contributed by atoms with Gasteiger partial charge in [0.15, 0.2) is 5.78 Å². The van der Waals surface area contributed by atoms with Crippen LogP contribution in [0.1, 0.15) is 41.6 Å². The second-order valence-corrected chi connectivity index (χ2v) is 20.6. The standard InChI is InChI=1S/C24H32O2Si2/c1-27(2,3)23-17-13-9-10-14-18(17)24(28(4,5)6)20-19(23)21(25)15-11-7-8-12-16(15)22(20)26/h7-8,11-12,17,26H,9-10,13-14H2,1-6H3/t17-/m0/s1. The number of allylic oxidation sites excluding steroid dienone is 5. The molecule has 1 saturated carbocycles. The van der Waals surface area contributed by atoms with Gasteiger partial charge in [-0.2, -0.15) is 0 Å². The molecule has 0 amide bonds. The van der Waals surface area contributed by atoms with Crippen molar-refractivity contribution in [2.45, 2.75) is 65.0 Å². The summed E-state index contributed by atoms with van der Waals surface area (Å²) in [7, 11) is -3.52. The number of aliphatic hydroxyl groups excluding tert-OH is 1. The van der Waals surface area contributed by atoms with Crippen molar-refractivity contribution in [1.82, 2.24) is 0 Å². The molecule has 0 unspecified atom stereocenters. The lowest BCUT2D eigenvalue weighted by Gasteiger charge is -2.45. The predicted octanol–water partition coefficient (Wildman–Crippen LogP) is 6.70. The molecule has 1 aromatic rings. The van der Waals surface area contributed by atoms with Crippen LogP contribution in [0.4, 0.5) is 0 Å². The van der Waals surface area contributed by atoms with Crippen LogP contribution >= 0.6 is 0 Å². The molecule has 2 nitrogen and oxygen atoms in total. The first kappa shape index (κ1) is 19.7. The maximum Gasteiger partial charge on any atom is 0.194 e. The Labute approximate surface area is 171 Å². The summed E-state index contributed by atoms with van der Waals surface area (Å²) in [6.45, 7) is 14.2. The number of Topliss-reactive ketones (excluding diaryl/α,β-unsaturated/α-hetero) is 1. The molecule has 4 heteroatoms. The van der Waals surface area contributed by atoms with Gasteiger partial charge in [0.25, 0.3) is 0 Å². The van der Waals surface area contributed by atoms with E-state index in [0.717, 1.165) is 24.0 Å². The molecule has 3 aliphatic carbocycles. The average Bonchev–Trinajstić information content (AvgIpc) is 2.62. The van der Waals surface area contributed by atoms with Crippen LogP contribution in [0.15, 0.2) is 51.4 Å². The monoisotopic (exact) mass is 408 g/mol. The molecule has 28 heavy (non-hydrogen) atoms. The third-order valence-electron chi connectivity index (χ3n) is 6.50. The number of aliphatic hydroxyl groups is 1. The SMILES string of the molecule is C[Si](C)(C)C1=C2CCCC[C@@H]2C([Si](C)(C)C)=C2C(=O)c3ccccc3C(O)=C21. The van der Waals surface area contributed by atoms with E-state index >= 15 is 0 Å². The fourth-order valence-electron chi connectivity index (χ4n) is 5.61. The Morgan fingerprint density at radius 3 is 2.14 bits per heavy atom. The molecule has 1 aromatic carbocycles. The highest BCUT2D eigenvalue weighted by molar-refractivity contribution is 6.86. The molecular weight excluding hydrogens is 376 g/mol. The number of hydrogen-bond donors (Lipinski definition) is 1. The maximum absolute atomic E-state index is 13.8. The molecule has 0 aliphatic heterocycles. The second kappa shape index (κ2) is 6.43. The van der Waals surface area contributed by atoms with Gasteiger partial charge in [-0.3, -0.25) is 4.79 Å². The molecule has 1 fully saturated rings. The van der Waals surface area contributed by atoms with E-state index in [1.165, 1.54) is 23.2 Å². The Morgan fingerprint density at radius 2 is 1.54 bits per heavy atom. The second-order valence-electron chi connectivity index (χ2n) is 10.6. The number of fused-ring (bicyclic) bond motifs is 3. The van der Waals surface area contributed by atoms with Crippen LogP contribution in [0.5, 0.6) is 0 Å². The third kappa shape index (κ3) is 2.84. The molecule has 0 spiro atoms. The van der Waals surface area contributed by atoms with E-state index in [4.69, 9.17) is 0 Å². The first-order valence-electron chi connectivity index (χ1n) is 10.6. The largest absolute Gasteiger partial charge is 0.507 e. The van der Waals surface area contributed by atoms with Crippen LogP contribution in [0, 0.1) is 5.92 Å². The Morgan fingerprint density at radius 1 is 0.893 bits per heavy atom. The molecule has 148 valence electrons. The number of carbonyl (C=O) groups is 1. The summed E-state index contributed by atoms with van der Waals surface area (Å²) in [6, 6.07) is 7.62. The van der Waals surface area contributed by atoms with Gasteiger partial charge in [-0.15, -0.1) is 0 Å². The molecule has 0 radical (unpaired) electrons. The highest BCUT2D eigenvalue weighted by Crippen LogP contribution is 2.54. The average molecular weight is 409 g/mol. The Kier molecular flexibility index (Phi) is 4.51. The van der Waals surface area contributed by atoms with E-state index in [-0.39, 0.29) is 5.78 Å². The zero-order valence-corrected chi connectivity index (χ0v) is 20.1. The summed E-state index contributed by atoms with van der Waals surface area (Å²) < 4.78 is 0. The molecule has 4 rings (SSSR count). The summed E-state index contributed by atoms with van der Waals surface area (Å²) in [5.41, 5.74) is 4.73. The molecule has 1 atom stereocenters. The first-order valence-corrected chi connectivity index (χ1v) is 17.6. The molecule has 0 saturated heterocycles. The van der Waals surface area contributed by atoms with Crippen molar-refractivity contribution in [3.63, 3.8) is 0 Å². The van der Waals surface area contributed by atoms with Gasteiger partial charge in [0.2, 0.25) is 0 Å². The van der Waals surface area contributed by atoms with E-state index in [2.05, 4.69) is 39.3 Å². The predicted molar refractivity (Wildman–Crippen MR) is 123 cm³/mol. The lowest BCUT2D eigenvalue weighted by molar-refractivity contribution is 0.103. The summed E-state index contributed by atoms with van der Waals surface area (Å²) in [6.07, 6.45) is 4.75. The Bertz CT molecular complexity index is 965. The smallest absolute Gasteiger partial charge is 0.194 e. The summed E-state index contributed by atoms with van der Waals surface area (Å²) in [5.74, 6) is 0.902. The highest BCUT2D eigenvalue weighted by Gasteiger charge is 2.47. The fraction of sp³-hybridized carbons (Fsp3) is 0.458. The summed E-state index contributed by atoms with van der Waals surface area (Å²) in [5, 5.41) is 14.2. The quantitative estimate of drug-likeness (QED) is 0.553. The minimum absolute atomic E-state index is 0.140. The van der Waals surface area contributed by atoms with Crippen molar-refractivity contribution >= 4 is 27.7 Å². The molecule has 0 aromatic heterocycles. The Balaban J connectivity index is 2.16. The van der Waals surface area contributed by atoms with Gasteiger partial charge in [-0.1, -0.05) is 80.7 Å². The first-order chi connectivity index (χ1) is 13.0.